The molecule has 1 aromatic carbocycles. The molecule has 1 rings (SSSR count). The number of hydrogen-bond acceptors (Lipinski definition) is 3. The lowest BCUT2D eigenvalue weighted by molar-refractivity contribution is 0.228. The molecule has 0 saturated carbocycles. The quantitative estimate of drug-likeness (QED) is 0.868. The zero-order valence-electron chi connectivity index (χ0n) is 9.23. The van der Waals surface area contributed by atoms with Gasteiger partial charge in [-0.15, -0.1) is 23.5 Å². The zero-order chi connectivity index (χ0) is 11.3. The third kappa shape index (κ3) is 3.93. The number of hydrogen-bond donors (Lipinski definition) is 1. The molecule has 0 aliphatic heterocycles. The largest absolute Gasteiger partial charge is 0.384 e. The lowest BCUT2D eigenvalue weighted by atomic mass is 10.1. The Balaban J connectivity index is 2.80. The van der Waals surface area contributed by atoms with Crippen LogP contribution < -0.4 is 0 Å². The van der Waals surface area contributed by atoms with Crippen molar-refractivity contribution >= 4 is 23.5 Å². The molecule has 0 bridgehead atoms. The Labute approximate surface area is 100.0 Å². The van der Waals surface area contributed by atoms with E-state index in [0.29, 0.717) is 0 Å². The third-order valence-electron chi connectivity index (χ3n) is 2.12. The molecule has 1 unspecified atom stereocenters. The van der Waals surface area contributed by atoms with Gasteiger partial charge >= 0.3 is 0 Å². The Hall–Kier alpha value is -0.380. The predicted molar refractivity (Wildman–Crippen MR) is 71.3 cm³/mol. The first-order valence-corrected chi connectivity index (χ1v) is 7.16. The molecule has 15 heavy (non-hydrogen) atoms. The van der Waals surface area contributed by atoms with E-state index >= 15 is 0 Å². The van der Waals surface area contributed by atoms with Gasteiger partial charge < -0.3 is 5.11 Å². The number of aliphatic hydroxyl groups excluding tert-OH is 1. The summed E-state index contributed by atoms with van der Waals surface area (Å²) in [5.74, 6) is 0. The molecule has 0 aromatic heterocycles. The van der Waals surface area contributed by atoms with Crippen molar-refractivity contribution in [1.29, 1.82) is 0 Å². The highest BCUT2D eigenvalue weighted by Gasteiger charge is 2.05. The molecule has 0 amide bonds. The Morgan fingerprint density at radius 3 is 2.20 bits per heavy atom. The van der Waals surface area contributed by atoms with Gasteiger partial charge in [0, 0.05) is 4.24 Å². The fourth-order valence-electron chi connectivity index (χ4n) is 1.21. The average molecular weight is 240 g/mol. The maximum atomic E-state index is 9.94. The zero-order valence-corrected chi connectivity index (χ0v) is 10.9. The molecule has 1 nitrogen and oxygen atoms in total. The standard InChI is InChI=1S/C12H16OS2/c1-9-4-6-10(7-5-9)11(13)8-12(14-2)15-3/h4-8,11,13H,1-3H3. The van der Waals surface area contributed by atoms with Crippen LogP contribution in [0.5, 0.6) is 0 Å². The minimum atomic E-state index is -0.500. The van der Waals surface area contributed by atoms with Crippen LogP contribution in [0, 0.1) is 6.92 Å². The first-order chi connectivity index (χ1) is 7.17. The van der Waals surface area contributed by atoms with Crippen molar-refractivity contribution in [2.75, 3.05) is 12.5 Å². The molecule has 82 valence electrons. The molecule has 3 heteroatoms. The van der Waals surface area contributed by atoms with E-state index in [9.17, 15) is 5.11 Å². The summed E-state index contributed by atoms with van der Waals surface area (Å²) in [6.07, 6.45) is 5.43. The smallest absolute Gasteiger partial charge is 0.0990 e. The number of rotatable bonds is 4. The molecule has 0 spiro atoms. The first kappa shape index (κ1) is 12.7. The molecule has 0 heterocycles. The summed E-state index contributed by atoms with van der Waals surface area (Å²) < 4.78 is 1.14. The van der Waals surface area contributed by atoms with Crippen molar-refractivity contribution in [2.45, 2.75) is 13.0 Å². The topological polar surface area (TPSA) is 20.2 Å². The van der Waals surface area contributed by atoms with Gasteiger partial charge in [0.25, 0.3) is 0 Å². The summed E-state index contributed by atoms with van der Waals surface area (Å²) in [7, 11) is 0. The molecule has 0 aliphatic rings. The van der Waals surface area contributed by atoms with Crippen molar-refractivity contribution in [3.63, 3.8) is 0 Å². The first-order valence-electron chi connectivity index (χ1n) is 4.71. The van der Waals surface area contributed by atoms with E-state index in [0.717, 1.165) is 9.80 Å². The van der Waals surface area contributed by atoms with E-state index in [1.165, 1.54) is 5.56 Å². The van der Waals surface area contributed by atoms with Gasteiger partial charge in [0.05, 0.1) is 6.10 Å². The second-order valence-electron chi connectivity index (χ2n) is 3.25. The van der Waals surface area contributed by atoms with Crippen molar-refractivity contribution in [3.05, 3.63) is 45.7 Å². The van der Waals surface area contributed by atoms with E-state index in [4.69, 9.17) is 0 Å². The predicted octanol–water partition coefficient (Wildman–Crippen LogP) is 3.60. The molecule has 1 aromatic rings. The van der Waals surface area contributed by atoms with Gasteiger partial charge in [-0.25, -0.2) is 0 Å². The number of aliphatic hydroxyl groups is 1. The summed E-state index contributed by atoms with van der Waals surface area (Å²) in [5, 5.41) is 9.94. The van der Waals surface area contributed by atoms with Crippen LogP contribution in [0.1, 0.15) is 17.2 Å². The third-order valence-corrected chi connectivity index (χ3v) is 4.19. The second-order valence-corrected chi connectivity index (χ2v) is 5.20. The summed E-state index contributed by atoms with van der Waals surface area (Å²) in [5.41, 5.74) is 2.16. The normalized spacial score (nSPS) is 12.3. The van der Waals surface area contributed by atoms with Crippen LogP contribution in [-0.4, -0.2) is 17.6 Å². The molecule has 0 fully saturated rings. The Morgan fingerprint density at radius 1 is 1.20 bits per heavy atom. The van der Waals surface area contributed by atoms with Gasteiger partial charge in [0.1, 0.15) is 0 Å². The van der Waals surface area contributed by atoms with Gasteiger partial charge in [-0.1, -0.05) is 29.8 Å². The van der Waals surface area contributed by atoms with Gasteiger partial charge in [0.15, 0.2) is 0 Å². The molecule has 0 aliphatic carbocycles. The molecule has 1 atom stereocenters. The van der Waals surface area contributed by atoms with Crippen molar-refractivity contribution in [2.24, 2.45) is 0 Å². The number of aryl methyl sites for hydroxylation is 1. The van der Waals surface area contributed by atoms with Crippen LogP contribution in [-0.2, 0) is 0 Å². The molecule has 0 saturated heterocycles. The van der Waals surface area contributed by atoms with E-state index in [1.54, 1.807) is 23.5 Å². The van der Waals surface area contributed by atoms with Crippen LogP contribution in [0.25, 0.3) is 0 Å². The Bertz CT molecular complexity index is 324. The van der Waals surface area contributed by atoms with Crippen LogP contribution in [0.4, 0.5) is 0 Å². The van der Waals surface area contributed by atoms with E-state index in [2.05, 4.69) is 0 Å². The highest BCUT2D eigenvalue weighted by atomic mass is 32.2. The molecule has 1 N–H and O–H groups in total. The van der Waals surface area contributed by atoms with Crippen LogP contribution >= 0.6 is 23.5 Å². The Morgan fingerprint density at radius 2 is 1.73 bits per heavy atom. The maximum Gasteiger partial charge on any atom is 0.0990 e. The lowest BCUT2D eigenvalue weighted by Crippen LogP contribution is -1.93. The monoisotopic (exact) mass is 240 g/mol. The van der Waals surface area contributed by atoms with Gasteiger partial charge in [-0.2, -0.15) is 0 Å². The summed E-state index contributed by atoms with van der Waals surface area (Å²) in [4.78, 5) is 0. The molecule has 0 radical (unpaired) electrons. The Kier molecular flexibility index (Phi) is 5.29. The van der Waals surface area contributed by atoms with Crippen LogP contribution in [0.3, 0.4) is 0 Å². The SMILES string of the molecule is CSC(=CC(O)c1ccc(C)cc1)SC. The van der Waals surface area contributed by atoms with E-state index in [-0.39, 0.29) is 0 Å². The van der Waals surface area contributed by atoms with Gasteiger partial charge in [0.2, 0.25) is 0 Å². The van der Waals surface area contributed by atoms with E-state index in [1.807, 2.05) is 49.8 Å². The number of thioether (sulfide) groups is 2. The second kappa shape index (κ2) is 6.26. The van der Waals surface area contributed by atoms with Crippen molar-refractivity contribution in [3.8, 4) is 0 Å². The minimum Gasteiger partial charge on any atom is -0.384 e. The van der Waals surface area contributed by atoms with Crippen molar-refractivity contribution < 1.29 is 5.11 Å². The summed E-state index contributed by atoms with van der Waals surface area (Å²) in [6.45, 7) is 2.04. The van der Waals surface area contributed by atoms with Crippen molar-refractivity contribution in [1.82, 2.24) is 0 Å². The lowest BCUT2D eigenvalue weighted by Gasteiger charge is -2.08. The van der Waals surface area contributed by atoms with Crippen LogP contribution in [0.2, 0.25) is 0 Å². The average Bonchev–Trinajstić information content (AvgIpc) is 2.26. The van der Waals surface area contributed by atoms with Gasteiger partial charge in [-0.3, -0.25) is 0 Å². The van der Waals surface area contributed by atoms with E-state index < -0.39 is 6.10 Å². The molecular formula is C12H16OS2. The van der Waals surface area contributed by atoms with Crippen LogP contribution in [0.15, 0.2) is 34.6 Å². The highest BCUT2D eigenvalue weighted by molar-refractivity contribution is 8.21. The fraction of sp³-hybridized carbons (Fsp3) is 0.333. The number of benzene rings is 1. The fourth-order valence-corrected chi connectivity index (χ4v) is 2.40. The van der Waals surface area contributed by atoms with Gasteiger partial charge in [-0.05, 0) is 31.1 Å². The highest BCUT2D eigenvalue weighted by Crippen LogP contribution is 2.27. The summed E-state index contributed by atoms with van der Waals surface area (Å²) >= 11 is 3.32. The molecular weight excluding hydrogens is 224 g/mol. The summed E-state index contributed by atoms with van der Waals surface area (Å²) in [6, 6.07) is 7.97. The minimum absolute atomic E-state index is 0.500. The maximum absolute atomic E-state index is 9.94.